The van der Waals surface area contributed by atoms with Crippen LogP contribution < -0.4 is 257 Å². The summed E-state index contributed by atoms with van der Waals surface area (Å²) in [7, 11) is -4.18. The predicted octanol–water partition coefficient (Wildman–Crippen LogP) is -0.219. The van der Waals surface area contributed by atoms with E-state index in [0.29, 0.717) is 195 Å². The summed E-state index contributed by atoms with van der Waals surface area (Å²) in [6, 6.07) is 0.979. The molecule has 6 N–H and O–H groups in total. The van der Waals surface area contributed by atoms with E-state index < -0.39 is 87.6 Å². The average Bonchev–Trinajstić information content (AvgIpc) is 1.50. The monoisotopic (exact) mass is 1950 g/mol. The van der Waals surface area contributed by atoms with Gasteiger partial charge in [0, 0.05) is 26.9 Å². The molecular formula is C78H133B10F13K5N3O18. The molecule has 0 amide bonds. The van der Waals surface area contributed by atoms with Gasteiger partial charge in [0.05, 0.1) is 18.1 Å². The van der Waals surface area contributed by atoms with E-state index in [1.807, 2.05) is 20.8 Å². The third kappa shape index (κ3) is 24.6. The Balaban J connectivity index is 0.000000265. The molecule has 24 fully saturated rings. The van der Waals surface area contributed by atoms with Gasteiger partial charge in [0.2, 0.25) is 0 Å². The number of hydrogen-bond acceptors (Lipinski definition) is 18. The molecule has 24 aliphatic rings. The van der Waals surface area contributed by atoms with Crippen molar-refractivity contribution in [3.8, 4) is 0 Å². The Hall–Kier alpha value is 4.38. The first-order valence-corrected chi connectivity index (χ1v) is 45.4. The van der Waals surface area contributed by atoms with Crippen molar-refractivity contribution in [2.75, 3.05) is 39.3 Å². The van der Waals surface area contributed by atoms with Gasteiger partial charge in [-0.05, 0) is 162 Å². The minimum absolute atomic E-state index is 0. The molecule has 6 bridgehead atoms. The van der Waals surface area contributed by atoms with E-state index in [0.717, 1.165) is 57.8 Å². The summed E-state index contributed by atoms with van der Waals surface area (Å²) in [4.78, 5) is 74.2. The molecule has 24 rings (SSSR count). The normalized spacial score (nSPS) is 45.9. The first kappa shape index (κ1) is 120. The van der Waals surface area contributed by atoms with Gasteiger partial charge in [0.1, 0.15) is 47.1 Å². The Morgan fingerprint density at radius 1 is 0.323 bits per heavy atom. The van der Waals surface area contributed by atoms with Crippen LogP contribution in [0.1, 0.15) is 222 Å². The third-order valence-corrected chi connectivity index (χ3v) is 36.2. The quantitative estimate of drug-likeness (QED) is 0.109. The van der Waals surface area contributed by atoms with Crippen LogP contribution in [0.5, 0.6) is 0 Å². The van der Waals surface area contributed by atoms with Crippen LogP contribution in [0.4, 0.5) is 56.6 Å². The third-order valence-electron chi connectivity index (χ3n) is 36.2. The Morgan fingerprint density at radius 2 is 0.480 bits per heavy atom. The number of halogens is 13. The minimum atomic E-state index is -4.49. The molecule has 2 radical (unpaired) electrons. The van der Waals surface area contributed by atoms with E-state index in [1.54, 1.807) is 20.8 Å². The van der Waals surface area contributed by atoms with E-state index in [-0.39, 0.29) is 347 Å². The molecule has 0 aromatic carbocycles. The van der Waals surface area contributed by atoms with Gasteiger partial charge in [-0.3, -0.25) is 28.8 Å². The molecule has 0 aromatic heterocycles. The Labute approximate surface area is 959 Å². The van der Waals surface area contributed by atoms with Crippen molar-refractivity contribution in [2.45, 2.75) is 291 Å². The van der Waals surface area contributed by atoms with Crippen LogP contribution in [0.25, 0.3) is 0 Å². The van der Waals surface area contributed by atoms with Gasteiger partial charge in [-0.2, -0.15) is 0 Å². The Bertz CT molecular complexity index is 3420. The van der Waals surface area contributed by atoms with Crippen LogP contribution in [0.2, 0.25) is 52.4 Å². The first-order chi connectivity index (χ1) is 56.2. The number of carbonyl (C=O) groups excluding carboxylic acids is 6. The molecule has 10 unspecified atom stereocenters. The van der Waals surface area contributed by atoms with Crippen molar-refractivity contribution in [3.63, 3.8) is 0 Å². The number of quaternary nitrogens is 3. The van der Waals surface area contributed by atoms with Gasteiger partial charge >= 0.3 is 355 Å². The summed E-state index contributed by atoms with van der Waals surface area (Å²) in [5.41, 5.74) is 1.18. The molecule has 18 aliphatic carbocycles. The van der Waals surface area contributed by atoms with Crippen LogP contribution >= 0.6 is 0 Å². The van der Waals surface area contributed by atoms with Gasteiger partial charge in [0.15, 0.2) is 0 Å². The number of rotatable bonds is 12. The molecule has 6 saturated heterocycles. The summed E-state index contributed by atoms with van der Waals surface area (Å²) in [6.07, 6.45) is 14.3. The molecule has 694 valence electrons. The summed E-state index contributed by atoms with van der Waals surface area (Å²) in [5, 5.41) is 50.5. The molecule has 21 nitrogen and oxygen atoms in total. The standard InChI is InChI=1S/3C18H28BNO4.3C4H7BF3.3C4H9BO2.BF2.F2.5K.H/c3*1-10-5-14(10)19-20(8-16(21)23-19,9-17(22)24-19)15-7-12-6-13(11(15)2)18(12,3)4;3*1-3-2-4(3)5(6,7)8;3*1-3-2-4(3)5(6)7;2-1-3;1-2;;;;;;/h3*10-15H,5-9H2,1-4H3;3*3-4H,2H2,1H3;3*3-4,6-7H,2H2,1H3;;;;;;;;/q;;;3*-1;;;;-1;;5*+1;-1/t10-,11+,12?,13?,14-,15-,19?,20?;2*10-,11-,12?,13?,14-,15-,19?,20?;4*3-,4?;2*3-,4-;;;;;;;;/m100100010......../s1. The molecule has 6 aliphatic heterocycles. The van der Waals surface area contributed by atoms with Crippen molar-refractivity contribution in [3.05, 3.63) is 0 Å². The van der Waals surface area contributed by atoms with Crippen LogP contribution in [-0.2, 0) is 56.7 Å². The first-order valence-electron chi connectivity index (χ1n) is 45.4. The fraction of sp³-hybridized carbons (Fsp3) is 0.923. The second-order valence-corrected chi connectivity index (χ2v) is 44.5. The Kier molecular flexibility index (Phi) is 42.1. The molecule has 18 saturated carbocycles. The summed E-state index contributed by atoms with van der Waals surface area (Å²) in [5.74, 6) is 6.03. The van der Waals surface area contributed by atoms with Crippen LogP contribution in [0.3, 0.4) is 0 Å². The topological polar surface area (TPSA) is 279 Å². The maximum absolute atomic E-state index is 12.4. The van der Waals surface area contributed by atoms with E-state index in [2.05, 4.69) is 83.1 Å². The molecule has 127 heavy (non-hydrogen) atoms. The zero-order valence-electron chi connectivity index (χ0n) is 80.3. The molecule has 30 atom stereocenters. The number of nitrogens with zero attached hydrogens (tertiary/aromatic N) is 3. The largest absolute Gasteiger partial charge is 1.00 e. The van der Waals surface area contributed by atoms with Crippen molar-refractivity contribution < 1.29 is 415 Å². The van der Waals surface area contributed by atoms with Crippen molar-refractivity contribution >= 4 is 106 Å². The summed E-state index contributed by atoms with van der Waals surface area (Å²) < 4.78 is 176. The van der Waals surface area contributed by atoms with Crippen LogP contribution in [-0.4, -0.2) is 207 Å². The van der Waals surface area contributed by atoms with Gasteiger partial charge in [-0.25, -0.2) is 0 Å². The molecule has 6 heterocycles. The fourth-order valence-corrected chi connectivity index (χ4v) is 26.7. The van der Waals surface area contributed by atoms with Crippen molar-refractivity contribution in [2.24, 2.45) is 123 Å². The zero-order valence-corrected chi connectivity index (χ0v) is 94.9. The second kappa shape index (κ2) is 44.5. The molecule has 0 spiro atoms. The summed E-state index contributed by atoms with van der Waals surface area (Å²) >= 11 is 0. The number of carbonyl (C=O) groups is 6. The van der Waals surface area contributed by atoms with Crippen LogP contribution in [0.15, 0.2) is 0 Å². The van der Waals surface area contributed by atoms with Gasteiger partial charge in [-0.1, -0.05) is 216 Å². The van der Waals surface area contributed by atoms with E-state index >= 15 is 0 Å². The van der Waals surface area contributed by atoms with Crippen molar-refractivity contribution in [1.29, 1.82) is 0 Å². The molecule has 49 heteroatoms. The van der Waals surface area contributed by atoms with Gasteiger partial charge in [-0.15, -0.1) is 0 Å². The second-order valence-electron chi connectivity index (χ2n) is 44.5. The predicted molar refractivity (Wildman–Crippen MR) is 440 cm³/mol. The van der Waals surface area contributed by atoms with Gasteiger partial charge < -0.3 is 120 Å². The summed E-state index contributed by atoms with van der Waals surface area (Å²) in [6.45, 7) is 21.9. The van der Waals surface area contributed by atoms with E-state index in [4.69, 9.17) is 67.2 Å². The molecule has 0 aromatic rings. The SMILES string of the molecule is C[C@@H]1CC1[B-](F)(F)F.C[C@@H]1C[C@H]1B(O)O.C[C@@H]1C[C@H]1[B-]12OC(=O)C[N+]1([C@@H]1CC3CC([C@@H]1C)C3(C)C)CC(=O)O2.C[C@H]1CC1B(O)O.C[C@H]1CC1[B-](F)(F)F.C[C@H]1CC1[B-](F)(F)F.C[C@H]1C[C@@H]1B(O)O.C[C@H]1C[C@@H]1[B-]12OC(=O)C[N+]1([C@H]1CC3CC([C@@H]1C)C3(C)C)CC(=O)O2.C[C@H]1C[C@@H]1[B-]12OC(=O)C[N+]1([C@H]1CC3CC([C@@H]1C)C3(C)C)CC(=O)O2.FF.F[B-]F.[H-].[K+].[K+].[K+].[K+].[K+]. The smallest absolute Gasteiger partial charge is 1.00 e. The van der Waals surface area contributed by atoms with Crippen molar-refractivity contribution in [1.82, 2.24) is 0 Å². The maximum Gasteiger partial charge on any atom is 1.00 e. The Morgan fingerprint density at radius 3 is 0.567 bits per heavy atom. The number of hydrogen-bond donors (Lipinski definition) is 6. The maximum atomic E-state index is 12.4. The van der Waals surface area contributed by atoms with Gasteiger partial charge in [0.25, 0.3) is 0 Å². The minimum Gasteiger partial charge on any atom is -1.00 e. The molecular weight excluding hydrogens is 1820 g/mol. The fourth-order valence-electron chi connectivity index (χ4n) is 26.7. The zero-order chi connectivity index (χ0) is 91.3. The van der Waals surface area contributed by atoms with Crippen LogP contribution in [0, 0.1) is 123 Å². The van der Waals surface area contributed by atoms with E-state index in [9.17, 15) is 76.2 Å². The number of fused-ring (bicyclic) bond motifs is 12. The average molecular weight is 1950 g/mol. The van der Waals surface area contributed by atoms with E-state index in [1.165, 1.54) is 19.3 Å².